The minimum atomic E-state index is -0.210. The fourth-order valence-electron chi connectivity index (χ4n) is 2.28. The third kappa shape index (κ3) is 3.79. The zero-order valence-corrected chi connectivity index (χ0v) is 12.0. The van der Waals surface area contributed by atoms with Gasteiger partial charge in [0.15, 0.2) is 0 Å². The van der Waals surface area contributed by atoms with Crippen LogP contribution >= 0.6 is 0 Å². The molecule has 0 aromatic heterocycles. The second-order valence-corrected chi connectivity index (χ2v) is 5.61. The molecule has 0 spiro atoms. The molecule has 18 heavy (non-hydrogen) atoms. The molecule has 0 bridgehead atoms. The number of hydrogen-bond acceptors (Lipinski definition) is 2. The Balaban J connectivity index is 3.04. The van der Waals surface area contributed by atoms with Crippen molar-refractivity contribution in [1.29, 1.82) is 0 Å². The molecule has 1 aromatic rings. The van der Waals surface area contributed by atoms with E-state index in [4.69, 9.17) is 4.74 Å². The van der Waals surface area contributed by atoms with Crippen LogP contribution in [0.3, 0.4) is 0 Å². The summed E-state index contributed by atoms with van der Waals surface area (Å²) in [6.45, 7) is 9.35. The quantitative estimate of drug-likeness (QED) is 0.866. The van der Waals surface area contributed by atoms with E-state index in [9.17, 15) is 4.39 Å². The molecular formula is C15H24FNO. The maximum atomic E-state index is 13.0. The monoisotopic (exact) mass is 253 g/mol. The summed E-state index contributed by atoms with van der Waals surface area (Å²) in [6, 6.07) is 6.70. The molecule has 2 unspecified atom stereocenters. The number of likely N-dealkylation sites (N-methyl/N-ethyl adjacent to an activating group) is 1. The van der Waals surface area contributed by atoms with Crippen LogP contribution in [-0.2, 0) is 4.74 Å². The van der Waals surface area contributed by atoms with Crippen molar-refractivity contribution in [3.05, 3.63) is 35.6 Å². The van der Waals surface area contributed by atoms with Gasteiger partial charge in [0, 0.05) is 7.11 Å². The summed E-state index contributed by atoms with van der Waals surface area (Å²) >= 11 is 0. The third-order valence-electron chi connectivity index (χ3n) is 3.06. The number of benzene rings is 1. The highest BCUT2D eigenvalue weighted by atomic mass is 19.1. The number of ether oxygens (including phenoxy) is 1. The minimum Gasteiger partial charge on any atom is -0.379 e. The SMILES string of the molecule is CCNC(c1ccc(F)cc1)C(OC)C(C)(C)C. The van der Waals surface area contributed by atoms with Gasteiger partial charge in [-0.25, -0.2) is 4.39 Å². The topological polar surface area (TPSA) is 21.3 Å². The summed E-state index contributed by atoms with van der Waals surface area (Å²) in [5, 5.41) is 3.43. The van der Waals surface area contributed by atoms with Crippen molar-refractivity contribution in [3.63, 3.8) is 0 Å². The number of rotatable bonds is 5. The molecule has 2 atom stereocenters. The second kappa shape index (κ2) is 6.30. The van der Waals surface area contributed by atoms with E-state index >= 15 is 0 Å². The Labute approximate surface area is 110 Å². The van der Waals surface area contributed by atoms with Crippen molar-refractivity contribution in [1.82, 2.24) is 5.32 Å². The molecule has 0 radical (unpaired) electrons. The summed E-state index contributed by atoms with van der Waals surface area (Å²) < 4.78 is 18.7. The first kappa shape index (κ1) is 15.1. The largest absolute Gasteiger partial charge is 0.379 e. The Morgan fingerprint density at radius 3 is 2.17 bits per heavy atom. The van der Waals surface area contributed by atoms with Gasteiger partial charge in [-0.2, -0.15) is 0 Å². The van der Waals surface area contributed by atoms with Crippen LogP contribution in [0.2, 0.25) is 0 Å². The molecule has 0 aliphatic heterocycles. The first-order chi connectivity index (χ1) is 8.40. The van der Waals surface area contributed by atoms with Gasteiger partial charge in [-0.05, 0) is 29.7 Å². The van der Waals surface area contributed by atoms with Crippen LogP contribution in [0.4, 0.5) is 4.39 Å². The van der Waals surface area contributed by atoms with Crippen molar-refractivity contribution >= 4 is 0 Å². The molecule has 1 aromatic carbocycles. The van der Waals surface area contributed by atoms with E-state index in [-0.39, 0.29) is 23.4 Å². The molecule has 0 heterocycles. The smallest absolute Gasteiger partial charge is 0.123 e. The van der Waals surface area contributed by atoms with Gasteiger partial charge in [-0.1, -0.05) is 39.8 Å². The molecule has 1 N–H and O–H groups in total. The summed E-state index contributed by atoms with van der Waals surface area (Å²) in [5.74, 6) is -0.210. The van der Waals surface area contributed by atoms with Crippen molar-refractivity contribution in [2.45, 2.75) is 39.8 Å². The van der Waals surface area contributed by atoms with Gasteiger partial charge >= 0.3 is 0 Å². The Morgan fingerprint density at radius 2 is 1.78 bits per heavy atom. The zero-order valence-electron chi connectivity index (χ0n) is 12.0. The Bertz CT molecular complexity index is 356. The lowest BCUT2D eigenvalue weighted by atomic mass is 9.82. The van der Waals surface area contributed by atoms with Crippen molar-refractivity contribution in [3.8, 4) is 0 Å². The Kier molecular flexibility index (Phi) is 5.29. The van der Waals surface area contributed by atoms with E-state index < -0.39 is 0 Å². The molecule has 0 amide bonds. The van der Waals surface area contributed by atoms with Gasteiger partial charge in [-0.15, -0.1) is 0 Å². The first-order valence-electron chi connectivity index (χ1n) is 6.41. The summed E-state index contributed by atoms with van der Waals surface area (Å²) in [5.41, 5.74) is 1.07. The lowest BCUT2D eigenvalue weighted by Gasteiger charge is -2.36. The van der Waals surface area contributed by atoms with Crippen LogP contribution in [0.25, 0.3) is 0 Å². The van der Waals surface area contributed by atoms with Crippen molar-refractivity contribution in [2.24, 2.45) is 5.41 Å². The predicted octanol–water partition coefficient (Wildman–Crippen LogP) is 3.54. The summed E-state index contributed by atoms with van der Waals surface area (Å²) in [7, 11) is 1.73. The number of hydrogen-bond donors (Lipinski definition) is 1. The molecule has 0 saturated heterocycles. The summed E-state index contributed by atoms with van der Waals surface area (Å²) in [6.07, 6.45) is 0.0305. The molecule has 0 saturated carbocycles. The van der Waals surface area contributed by atoms with Crippen LogP contribution in [-0.4, -0.2) is 19.8 Å². The van der Waals surface area contributed by atoms with Gasteiger partial charge in [0.1, 0.15) is 5.82 Å². The molecule has 0 fully saturated rings. The van der Waals surface area contributed by atoms with Crippen molar-refractivity contribution < 1.29 is 9.13 Å². The van der Waals surface area contributed by atoms with Gasteiger partial charge in [-0.3, -0.25) is 0 Å². The standard InChI is InChI=1S/C15H24FNO/c1-6-17-13(14(18-5)15(2,3)4)11-7-9-12(16)10-8-11/h7-10,13-14,17H,6H2,1-5H3. The average molecular weight is 253 g/mol. The Hall–Kier alpha value is -0.930. The molecule has 1 rings (SSSR count). The van der Waals surface area contributed by atoms with Crippen LogP contribution in [0.5, 0.6) is 0 Å². The van der Waals surface area contributed by atoms with Gasteiger partial charge in [0.25, 0.3) is 0 Å². The van der Waals surface area contributed by atoms with Gasteiger partial charge in [0.2, 0.25) is 0 Å². The third-order valence-corrected chi connectivity index (χ3v) is 3.06. The molecule has 2 nitrogen and oxygen atoms in total. The second-order valence-electron chi connectivity index (χ2n) is 5.61. The minimum absolute atomic E-state index is 0.00989. The predicted molar refractivity (Wildman–Crippen MR) is 73.1 cm³/mol. The lowest BCUT2D eigenvalue weighted by Crippen LogP contribution is -2.41. The van der Waals surface area contributed by atoms with Crippen LogP contribution in [0, 0.1) is 11.2 Å². The van der Waals surface area contributed by atoms with Crippen LogP contribution < -0.4 is 5.32 Å². The van der Waals surface area contributed by atoms with E-state index in [0.29, 0.717) is 0 Å². The molecular weight excluding hydrogens is 229 g/mol. The highest BCUT2D eigenvalue weighted by molar-refractivity contribution is 5.21. The fourth-order valence-corrected chi connectivity index (χ4v) is 2.28. The molecule has 3 heteroatoms. The van der Waals surface area contributed by atoms with E-state index in [1.165, 1.54) is 12.1 Å². The van der Waals surface area contributed by atoms with Crippen LogP contribution in [0.1, 0.15) is 39.3 Å². The number of nitrogens with one attached hydrogen (secondary N) is 1. The molecule has 0 aliphatic carbocycles. The average Bonchev–Trinajstić information content (AvgIpc) is 2.28. The fraction of sp³-hybridized carbons (Fsp3) is 0.600. The maximum Gasteiger partial charge on any atom is 0.123 e. The van der Waals surface area contributed by atoms with E-state index in [1.54, 1.807) is 7.11 Å². The van der Waals surface area contributed by atoms with Gasteiger partial charge in [0.05, 0.1) is 12.1 Å². The number of methoxy groups -OCH3 is 1. The van der Waals surface area contributed by atoms with E-state index in [0.717, 1.165) is 12.1 Å². The first-order valence-corrected chi connectivity index (χ1v) is 6.41. The molecule has 0 aliphatic rings. The van der Waals surface area contributed by atoms with E-state index in [1.807, 2.05) is 12.1 Å². The highest BCUT2D eigenvalue weighted by Gasteiger charge is 2.32. The summed E-state index contributed by atoms with van der Waals surface area (Å²) in [4.78, 5) is 0. The molecule has 102 valence electrons. The van der Waals surface area contributed by atoms with Gasteiger partial charge < -0.3 is 10.1 Å². The van der Waals surface area contributed by atoms with Crippen molar-refractivity contribution in [2.75, 3.05) is 13.7 Å². The van der Waals surface area contributed by atoms with E-state index in [2.05, 4.69) is 33.0 Å². The number of halogens is 1. The maximum absolute atomic E-state index is 13.0. The lowest BCUT2D eigenvalue weighted by molar-refractivity contribution is -0.0116. The highest BCUT2D eigenvalue weighted by Crippen LogP contribution is 2.32. The van der Waals surface area contributed by atoms with Crippen LogP contribution in [0.15, 0.2) is 24.3 Å². The normalized spacial score (nSPS) is 15.4. The Morgan fingerprint density at radius 1 is 1.22 bits per heavy atom. The zero-order chi connectivity index (χ0) is 13.8.